The van der Waals surface area contributed by atoms with Crippen molar-refractivity contribution in [1.82, 2.24) is 15.5 Å². The van der Waals surface area contributed by atoms with Crippen molar-refractivity contribution in [2.24, 2.45) is 4.99 Å². The number of unbranched alkanes of at least 4 members (excludes halogenated alkanes) is 1. The summed E-state index contributed by atoms with van der Waals surface area (Å²) in [5, 5.41) is 6.62. The molecular formula is C17H37IN4O2. The normalized spacial score (nSPS) is 15.3. The van der Waals surface area contributed by atoms with Gasteiger partial charge in [-0.15, -0.1) is 24.0 Å². The van der Waals surface area contributed by atoms with Crippen molar-refractivity contribution >= 4 is 29.9 Å². The second-order valence-electron chi connectivity index (χ2n) is 5.91. The van der Waals surface area contributed by atoms with Crippen molar-refractivity contribution < 1.29 is 9.47 Å². The lowest BCUT2D eigenvalue weighted by Gasteiger charge is -2.16. The van der Waals surface area contributed by atoms with Gasteiger partial charge in [0.05, 0.1) is 19.8 Å². The van der Waals surface area contributed by atoms with Crippen LogP contribution in [0.3, 0.4) is 0 Å². The van der Waals surface area contributed by atoms with Gasteiger partial charge in [-0.2, -0.15) is 0 Å². The molecule has 7 heteroatoms. The van der Waals surface area contributed by atoms with E-state index in [0.29, 0.717) is 19.8 Å². The van der Waals surface area contributed by atoms with Crippen molar-refractivity contribution in [3.05, 3.63) is 0 Å². The number of guanidine groups is 1. The zero-order chi connectivity index (χ0) is 16.6. The summed E-state index contributed by atoms with van der Waals surface area (Å²) >= 11 is 0. The number of halogens is 1. The molecule has 0 saturated carbocycles. The van der Waals surface area contributed by atoms with E-state index in [4.69, 9.17) is 9.47 Å². The molecular weight excluding hydrogens is 419 g/mol. The highest BCUT2D eigenvalue weighted by Gasteiger charge is 2.10. The third-order valence-electron chi connectivity index (χ3n) is 3.92. The largest absolute Gasteiger partial charge is 0.379 e. The summed E-state index contributed by atoms with van der Waals surface area (Å²) in [6.45, 7) is 10.5. The summed E-state index contributed by atoms with van der Waals surface area (Å²) in [5.74, 6) is 0.856. The minimum absolute atomic E-state index is 0. The van der Waals surface area contributed by atoms with Gasteiger partial charge in [-0.1, -0.05) is 13.3 Å². The van der Waals surface area contributed by atoms with Crippen molar-refractivity contribution in [1.29, 1.82) is 0 Å². The molecule has 1 fully saturated rings. The maximum Gasteiger partial charge on any atom is 0.191 e. The van der Waals surface area contributed by atoms with Crippen LogP contribution in [-0.2, 0) is 9.47 Å². The molecule has 6 nitrogen and oxygen atoms in total. The van der Waals surface area contributed by atoms with Crippen LogP contribution in [0.4, 0.5) is 0 Å². The number of nitrogens with zero attached hydrogens (tertiary/aromatic N) is 2. The molecule has 1 aliphatic heterocycles. The van der Waals surface area contributed by atoms with E-state index in [1.54, 1.807) is 7.05 Å². The van der Waals surface area contributed by atoms with Crippen LogP contribution in [0, 0.1) is 0 Å². The molecule has 2 N–H and O–H groups in total. The van der Waals surface area contributed by atoms with E-state index in [-0.39, 0.29) is 24.0 Å². The van der Waals surface area contributed by atoms with Crippen LogP contribution in [0.5, 0.6) is 0 Å². The Bertz CT molecular complexity index is 300. The summed E-state index contributed by atoms with van der Waals surface area (Å²) in [4.78, 5) is 6.76. The fourth-order valence-corrected chi connectivity index (χ4v) is 2.55. The molecule has 1 saturated heterocycles. The van der Waals surface area contributed by atoms with E-state index in [2.05, 4.69) is 27.4 Å². The first-order valence-corrected chi connectivity index (χ1v) is 9.19. The Morgan fingerprint density at radius 2 is 1.62 bits per heavy atom. The van der Waals surface area contributed by atoms with Crippen LogP contribution in [-0.4, -0.2) is 77.1 Å². The second kappa shape index (κ2) is 17.7. The third kappa shape index (κ3) is 13.2. The van der Waals surface area contributed by atoms with Gasteiger partial charge in [0, 0.05) is 26.7 Å². The van der Waals surface area contributed by atoms with Gasteiger partial charge in [0.2, 0.25) is 0 Å². The van der Waals surface area contributed by atoms with Gasteiger partial charge in [0.25, 0.3) is 0 Å². The van der Waals surface area contributed by atoms with Crippen molar-refractivity contribution in [3.63, 3.8) is 0 Å². The Labute approximate surface area is 165 Å². The summed E-state index contributed by atoms with van der Waals surface area (Å²) < 4.78 is 11.0. The van der Waals surface area contributed by atoms with Gasteiger partial charge >= 0.3 is 0 Å². The minimum atomic E-state index is 0. The van der Waals surface area contributed by atoms with Gasteiger partial charge in [-0.3, -0.25) is 4.99 Å². The number of hydrogen-bond acceptors (Lipinski definition) is 4. The lowest BCUT2D eigenvalue weighted by molar-refractivity contribution is 0.0487. The fraction of sp³-hybridized carbons (Fsp3) is 0.941. The van der Waals surface area contributed by atoms with Gasteiger partial charge in [-0.05, 0) is 45.3 Å². The van der Waals surface area contributed by atoms with E-state index in [9.17, 15) is 0 Å². The first-order chi connectivity index (χ1) is 11.4. The Morgan fingerprint density at radius 1 is 0.958 bits per heavy atom. The topological polar surface area (TPSA) is 58.1 Å². The molecule has 1 heterocycles. The van der Waals surface area contributed by atoms with E-state index in [1.165, 1.54) is 38.9 Å². The highest BCUT2D eigenvalue weighted by atomic mass is 127. The average molecular weight is 456 g/mol. The van der Waals surface area contributed by atoms with Crippen LogP contribution in [0.15, 0.2) is 4.99 Å². The Balaban J connectivity index is 0.00000529. The van der Waals surface area contributed by atoms with Crippen molar-refractivity contribution in [3.8, 4) is 0 Å². The van der Waals surface area contributed by atoms with Gasteiger partial charge in [-0.25, -0.2) is 0 Å². The molecule has 0 radical (unpaired) electrons. The summed E-state index contributed by atoms with van der Waals surface area (Å²) in [5.41, 5.74) is 0. The lowest BCUT2D eigenvalue weighted by Crippen LogP contribution is -2.40. The number of hydrogen-bond donors (Lipinski definition) is 2. The van der Waals surface area contributed by atoms with E-state index < -0.39 is 0 Å². The number of nitrogens with one attached hydrogen (secondary N) is 2. The number of aliphatic imine (C=N–C) groups is 1. The minimum Gasteiger partial charge on any atom is -0.379 e. The molecule has 0 amide bonds. The van der Waals surface area contributed by atoms with Crippen LogP contribution in [0.25, 0.3) is 0 Å². The predicted molar refractivity (Wildman–Crippen MR) is 112 cm³/mol. The molecule has 1 aliphatic rings. The Morgan fingerprint density at radius 3 is 2.29 bits per heavy atom. The first-order valence-electron chi connectivity index (χ1n) is 9.19. The van der Waals surface area contributed by atoms with Crippen LogP contribution in [0.1, 0.15) is 39.0 Å². The highest BCUT2D eigenvalue weighted by Crippen LogP contribution is 2.06. The quantitative estimate of drug-likeness (QED) is 0.192. The SMILES string of the molecule is CCCCOCCOCCNC(=NC)NCCCN1CCCC1.I. The summed E-state index contributed by atoms with van der Waals surface area (Å²) in [6.07, 6.45) is 6.18. The number of likely N-dealkylation sites (tertiary alicyclic amines) is 1. The van der Waals surface area contributed by atoms with Crippen LogP contribution in [0.2, 0.25) is 0 Å². The molecule has 0 aromatic rings. The van der Waals surface area contributed by atoms with E-state index >= 15 is 0 Å². The van der Waals surface area contributed by atoms with Crippen molar-refractivity contribution in [2.45, 2.75) is 39.0 Å². The molecule has 0 aliphatic carbocycles. The number of rotatable bonds is 13. The molecule has 0 atom stereocenters. The summed E-state index contributed by atoms with van der Waals surface area (Å²) in [7, 11) is 1.80. The smallest absolute Gasteiger partial charge is 0.191 e. The predicted octanol–water partition coefficient (Wildman–Crippen LogP) is 2.09. The molecule has 0 unspecified atom stereocenters. The average Bonchev–Trinajstić information content (AvgIpc) is 3.08. The van der Waals surface area contributed by atoms with E-state index in [0.717, 1.165) is 38.5 Å². The molecule has 0 aromatic carbocycles. The third-order valence-corrected chi connectivity index (χ3v) is 3.92. The zero-order valence-electron chi connectivity index (χ0n) is 15.5. The molecule has 144 valence electrons. The van der Waals surface area contributed by atoms with Crippen LogP contribution < -0.4 is 10.6 Å². The van der Waals surface area contributed by atoms with Gasteiger partial charge < -0.3 is 25.0 Å². The van der Waals surface area contributed by atoms with Gasteiger partial charge in [0.1, 0.15) is 0 Å². The molecule has 0 aromatic heterocycles. The maximum atomic E-state index is 5.52. The summed E-state index contributed by atoms with van der Waals surface area (Å²) in [6, 6.07) is 0. The van der Waals surface area contributed by atoms with E-state index in [1.807, 2.05) is 0 Å². The second-order valence-corrected chi connectivity index (χ2v) is 5.91. The fourth-order valence-electron chi connectivity index (χ4n) is 2.55. The number of ether oxygens (including phenoxy) is 2. The Hall–Kier alpha value is -0.120. The molecule has 0 spiro atoms. The molecule has 0 bridgehead atoms. The Kier molecular flexibility index (Phi) is 17.6. The monoisotopic (exact) mass is 456 g/mol. The van der Waals surface area contributed by atoms with Gasteiger partial charge in [0.15, 0.2) is 5.96 Å². The zero-order valence-corrected chi connectivity index (χ0v) is 17.8. The standard InChI is InChI=1S/C17H36N4O2.HI/c1-3-4-13-22-15-16-23-14-9-20-17(18-2)19-8-7-12-21-10-5-6-11-21;/h3-16H2,1-2H3,(H2,18,19,20);1H. The molecule has 1 rings (SSSR count). The van der Waals surface area contributed by atoms with Crippen molar-refractivity contribution in [2.75, 3.05) is 66.2 Å². The molecule has 24 heavy (non-hydrogen) atoms. The first kappa shape index (κ1) is 23.9. The maximum absolute atomic E-state index is 5.52. The lowest BCUT2D eigenvalue weighted by atomic mass is 10.4. The van der Waals surface area contributed by atoms with Crippen LogP contribution >= 0.6 is 24.0 Å². The highest BCUT2D eigenvalue weighted by molar-refractivity contribution is 14.0.